The molecule has 0 saturated carbocycles. The maximum Gasteiger partial charge on any atom is 0.317 e. The number of benzene rings is 1. The van der Waals surface area contributed by atoms with Crippen LogP contribution in [0.3, 0.4) is 0 Å². The molecule has 21 heavy (non-hydrogen) atoms. The summed E-state index contributed by atoms with van der Waals surface area (Å²) in [7, 11) is 3.30. The highest BCUT2D eigenvalue weighted by Crippen LogP contribution is 2.38. The van der Waals surface area contributed by atoms with Crippen LogP contribution in [0, 0.1) is 0 Å². The van der Waals surface area contributed by atoms with E-state index in [1.54, 1.807) is 14.2 Å². The first kappa shape index (κ1) is 15.5. The molecule has 1 unspecified atom stereocenters. The zero-order valence-corrected chi connectivity index (χ0v) is 13.0. The van der Waals surface area contributed by atoms with E-state index >= 15 is 0 Å². The highest BCUT2D eigenvalue weighted by atomic mass is 16.5. The molecule has 1 atom stereocenters. The zero-order valence-electron chi connectivity index (χ0n) is 13.0. The molecule has 1 aromatic carbocycles. The Hall–Kier alpha value is -1.91. The van der Waals surface area contributed by atoms with Gasteiger partial charge in [0, 0.05) is 18.7 Å². The first-order chi connectivity index (χ1) is 10.2. The van der Waals surface area contributed by atoms with Crippen molar-refractivity contribution in [1.82, 2.24) is 10.2 Å². The third-order valence-corrected chi connectivity index (χ3v) is 3.84. The third kappa shape index (κ3) is 3.40. The number of carbonyl (C=O) groups excluding carboxylic acids is 1. The monoisotopic (exact) mass is 292 g/mol. The second kappa shape index (κ2) is 7.20. The molecule has 0 radical (unpaired) electrons. The minimum Gasteiger partial charge on any atom is -0.497 e. The van der Waals surface area contributed by atoms with Crippen molar-refractivity contribution >= 4 is 6.03 Å². The van der Waals surface area contributed by atoms with Gasteiger partial charge < -0.3 is 19.7 Å². The second-order valence-electron chi connectivity index (χ2n) is 5.19. The van der Waals surface area contributed by atoms with Crippen LogP contribution in [-0.4, -0.2) is 38.2 Å². The van der Waals surface area contributed by atoms with Crippen molar-refractivity contribution in [1.29, 1.82) is 0 Å². The van der Waals surface area contributed by atoms with Gasteiger partial charge in [-0.2, -0.15) is 0 Å². The number of likely N-dealkylation sites (tertiary alicyclic amines) is 1. The highest BCUT2D eigenvalue weighted by molar-refractivity contribution is 5.75. The smallest absolute Gasteiger partial charge is 0.317 e. The largest absolute Gasteiger partial charge is 0.497 e. The van der Waals surface area contributed by atoms with Gasteiger partial charge in [-0.15, -0.1) is 0 Å². The maximum atomic E-state index is 12.3. The van der Waals surface area contributed by atoms with Gasteiger partial charge >= 0.3 is 6.03 Å². The molecular formula is C16H24N2O3. The number of ether oxygens (including phenoxy) is 2. The molecule has 1 fully saturated rings. The van der Waals surface area contributed by atoms with E-state index in [1.165, 1.54) is 0 Å². The van der Waals surface area contributed by atoms with E-state index in [4.69, 9.17) is 9.47 Å². The summed E-state index contributed by atoms with van der Waals surface area (Å²) in [4.78, 5) is 14.2. The number of urea groups is 1. The van der Waals surface area contributed by atoms with Crippen LogP contribution in [0.1, 0.15) is 37.8 Å². The standard InChI is InChI=1S/C16H24N2O3/c1-4-9-17-16(19)18-10-5-6-14(18)13-11-12(20-2)7-8-15(13)21-3/h7-8,11,14H,4-6,9-10H2,1-3H3,(H,17,19). The Morgan fingerprint density at radius 1 is 1.38 bits per heavy atom. The van der Waals surface area contributed by atoms with E-state index in [-0.39, 0.29) is 12.1 Å². The average molecular weight is 292 g/mol. The second-order valence-corrected chi connectivity index (χ2v) is 5.19. The van der Waals surface area contributed by atoms with E-state index in [9.17, 15) is 4.79 Å². The van der Waals surface area contributed by atoms with Crippen molar-refractivity contribution in [3.8, 4) is 11.5 Å². The van der Waals surface area contributed by atoms with Crippen LogP contribution >= 0.6 is 0 Å². The van der Waals surface area contributed by atoms with Crippen LogP contribution in [0.2, 0.25) is 0 Å². The van der Waals surface area contributed by atoms with Gasteiger partial charge in [0.15, 0.2) is 0 Å². The lowest BCUT2D eigenvalue weighted by molar-refractivity contribution is 0.192. The molecular weight excluding hydrogens is 268 g/mol. The summed E-state index contributed by atoms with van der Waals surface area (Å²) in [6.45, 7) is 3.53. The zero-order chi connectivity index (χ0) is 15.2. The van der Waals surface area contributed by atoms with E-state index in [0.717, 1.165) is 42.9 Å². The first-order valence-corrected chi connectivity index (χ1v) is 7.47. The third-order valence-electron chi connectivity index (χ3n) is 3.84. The number of nitrogens with zero attached hydrogens (tertiary/aromatic N) is 1. The van der Waals surface area contributed by atoms with E-state index in [2.05, 4.69) is 5.32 Å². The number of amides is 2. The molecule has 116 valence electrons. The molecule has 1 heterocycles. The van der Waals surface area contributed by atoms with Crippen molar-refractivity contribution in [3.05, 3.63) is 23.8 Å². The Kier molecular flexibility index (Phi) is 5.31. The van der Waals surface area contributed by atoms with Gasteiger partial charge in [0.1, 0.15) is 11.5 Å². The van der Waals surface area contributed by atoms with Gasteiger partial charge in [-0.25, -0.2) is 4.79 Å². The minimum atomic E-state index is 0.00391. The Bertz CT molecular complexity index is 490. The number of nitrogens with one attached hydrogen (secondary N) is 1. The van der Waals surface area contributed by atoms with Gasteiger partial charge in [-0.3, -0.25) is 0 Å². The fourth-order valence-electron chi connectivity index (χ4n) is 2.77. The molecule has 5 nitrogen and oxygen atoms in total. The summed E-state index contributed by atoms with van der Waals surface area (Å²) in [6, 6.07) is 5.79. The Morgan fingerprint density at radius 3 is 2.86 bits per heavy atom. The molecule has 2 amide bonds. The van der Waals surface area contributed by atoms with E-state index < -0.39 is 0 Å². The normalized spacial score (nSPS) is 17.7. The van der Waals surface area contributed by atoms with Crippen molar-refractivity contribution in [2.45, 2.75) is 32.2 Å². The summed E-state index contributed by atoms with van der Waals surface area (Å²) in [5.74, 6) is 1.59. The van der Waals surface area contributed by atoms with Crippen LogP contribution < -0.4 is 14.8 Å². The number of methoxy groups -OCH3 is 2. The molecule has 2 rings (SSSR count). The van der Waals surface area contributed by atoms with Crippen LogP contribution in [-0.2, 0) is 0 Å². The minimum absolute atomic E-state index is 0.00391. The lowest BCUT2D eigenvalue weighted by atomic mass is 10.0. The first-order valence-electron chi connectivity index (χ1n) is 7.47. The maximum absolute atomic E-state index is 12.3. The van der Waals surface area contributed by atoms with E-state index in [0.29, 0.717) is 6.54 Å². The lowest BCUT2D eigenvalue weighted by Crippen LogP contribution is -2.39. The molecule has 0 aromatic heterocycles. The van der Waals surface area contributed by atoms with Crippen molar-refractivity contribution in [3.63, 3.8) is 0 Å². The van der Waals surface area contributed by atoms with Gasteiger partial charge in [0.05, 0.1) is 20.3 Å². The topological polar surface area (TPSA) is 50.8 Å². The summed E-state index contributed by atoms with van der Waals surface area (Å²) in [5, 5.41) is 2.96. The molecule has 0 bridgehead atoms. The summed E-state index contributed by atoms with van der Waals surface area (Å²) >= 11 is 0. The molecule has 1 N–H and O–H groups in total. The number of hydrogen-bond donors (Lipinski definition) is 1. The van der Waals surface area contributed by atoms with Gasteiger partial charge in [0.25, 0.3) is 0 Å². The van der Waals surface area contributed by atoms with Gasteiger partial charge in [-0.05, 0) is 37.5 Å². The summed E-state index contributed by atoms with van der Waals surface area (Å²) < 4.78 is 10.8. The Morgan fingerprint density at radius 2 is 2.19 bits per heavy atom. The Balaban J connectivity index is 2.24. The van der Waals surface area contributed by atoms with Crippen LogP contribution in [0.4, 0.5) is 4.79 Å². The van der Waals surface area contributed by atoms with Crippen LogP contribution in [0.15, 0.2) is 18.2 Å². The van der Waals surface area contributed by atoms with Crippen molar-refractivity contribution in [2.75, 3.05) is 27.3 Å². The molecule has 5 heteroatoms. The highest BCUT2D eigenvalue weighted by Gasteiger charge is 2.32. The van der Waals surface area contributed by atoms with Crippen molar-refractivity contribution < 1.29 is 14.3 Å². The lowest BCUT2D eigenvalue weighted by Gasteiger charge is -2.26. The quantitative estimate of drug-likeness (QED) is 0.907. The van der Waals surface area contributed by atoms with Gasteiger partial charge in [0.2, 0.25) is 0 Å². The molecule has 1 aromatic rings. The molecule has 1 saturated heterocycles. The predicted molar refractivity (Wildman–Crippen MR) is 81.9 cm³/mol. The fourth-order valence-corrected chi connectivity index (χ4v) is 2.77. The fraction of sp³-hybridized carbons (Fsp3) is 0.562. The average Bonchev–Trinajstić information content (AvgIpc) is 3.01. The molecule has 1 aliphatic heterocycles. The molecule has 1 aliphatic rings. The Labute approximate surface area is 126 Å². The van der Waals surface area contributed by atoms with Crippen LogP contribution in [0.5, 0.6) is 11.5 Å². The van der Waals surface area contributed by atoms with Crippen molar-refractivity contribution in [2.24, 2.45) is 0 Å². The predicted octanol–water partition coefficient (Wildman–Crippen LogP) is 2.96. The number of hydrogen-bond acceptors (Lipinski definition) is 3. The number of carbonyl (C=O) groups is 1. The SMILES string of the molecule is CCCNC(=O)N1CCCC1c1cc(OC)ccc1OC. The number of rotatable bonds is 5. The van der Waals surface area contributed by atoms with Crippen LogP contribution in [0.25, 0.3) is 0 Å². The van der Waals surface area contributed by atoms with Gasteiger partial charge in [-0.1, -0.05) is 6.92 Å². The molecule has 0 spiro atoms. The van der Waals surface area contributed by atoms with E-state index in [1.807, 2.05) is 30.0 Å². The summed E-state index contributed by atoms with van der Waals surface area (Å²) in [6.07, 6.45) is 2.89. The summed E-state index contributed by atoms with van der Waals surface area (Å²) in [5.41, 5.74) is 1.01. The molecule has 0 aliphatic carbocycles.